The van der Waals surface area contributed by atoms with Crippen LogP contribution in [0.15, 0.2) is 54.6 Å². The molecule has 1 amide bonds. The molecule has 1 aliphatic rings. The number of nitrogens with one attached hydrogen (secondary N) is 1. The quantitative estimate of drug-likeness (QED) is 0.760. The van der Waals surface area contributed by atoms with Crippen molar-refractivity contribution in [3.63, 3.8) is 0 Å². The Morgan fingerprint density at radius 1 is 1.30 bits per heavy atom. The SMILES string of the molecule is C=C(C)COc1cccc(C(=O)N[C@@H]2CC(C)(C)Oc3cc(C)ccc32)c1. The fourth-order valence-corrected chi connectivity index (χ4v) is 3.26. The van der Waals surface area contributed by atoms with Crippen LogP contribution in [0, 0.1) is 6.92 Å². The van der Waals surface area contributed by atoms with E-state index >= 15 is 0 Å². The Bertz CT molecular complexity index is 870. The zero-order chi connectivity index (χ0) is 19.6. The van der Waals surface area contributed by atoms with Crippen molar-refractivity contribution in [2.75, 3.05) is 6.61 Å². The third kappa shape index (κ3) is 4.70. The molecule has 0 aromatic heterocycles. The number of ether oxygens (including phenoxy) is 2. The Kier molecular flexibility index (Phi) is 5.26. The summed E-state index contributed by atoms with van der Waals surface area (Å²) in [6, 6.07) is 13.2. The van der Waals surface area contributed by atoms with Gasteiger partial charge in [0.2, 0.25) is 0 Å². The molecule has 3 rings (SSSR count). The lowest BCUT2D eigenvalue weighted by Gasteiger charge is -2.38. The first-order chi connectivity index (χ1) is 12.7. The van der Waals surface area contributed by atoms with E-state index < -0.39 is 0 Å². The van der Waals surface area contributed by atoms with Gasteiger partial charge < -0.3 is 14.8 Å². The van der Waals surface area contributed by atoms with Gasteiger partial charge in [-0.05, 0) is 63.1 Å². The van der Waals surface area contributed by atoms with E-state index in [2.05, 4.69) is 11.9 Å². The first-order valence-corrected chi connectivity index (χ1v) is 9.21. The Balaban J connectivity index is 1.80. The Hall–Kier alpha value is -2.75. The molecule has 0 aliphatic carbocycles. The molecule has 1 N–H and O–H groups in total. The fourth-order valence-electron chi connectivity index (χ4n) is 3.26. The van der Waals surface area contributed by atoms with Gasteiger partial charge in [-0.3, -0.25) is 4.79 Å². The normalized spacial score (nSPS) is 17.4. The molecule has 1 atom stereocenters. The highest BCUT2D eigenvalue weighted by molar-refractivity contribution is 5.94. The average Bonchev–Trinajstić information content (AvgIpc) is 2.58. The van der Waals surface area contributed by atoms with Crippen LogP contribution in [0.25, 0.3) is 0 Å². The van der Waals surface area contributed by atoms with E-state index in [0.29, 0.717) is 24.3 Å². The first-order valence-electron chi connectivity index (χ1n) is 9.21. The fraction of sp³-hybridized carbons (Fsp3) is 0.348. The van der Waals surface area contributed by atoms with Crippen LogP contribution in [-0.4, -0.2) is 18.1 Å². The molecular weight excluding hydrogens is 338 g/mol. The number of hydrogen-bond donors (Lipinski definition) is 1. The van der Waals surface area contributed by atoms with E-state index in [1.54, 1.807) is 12.1 Å². The van der Waals surface area contributed by atoms with Gasteiger partial charge in [0.25, 0.3) is 5.91 Å². The number of carbonyl (C=O) groups excluding carboxylic acids is 1. The molecule has 1 heterocycles. The molecule has 142 valence electrons. The highest BCUT2D eigenvalue weighted by Crippen LogP contribution is 2.40. The van der Waals surface area contributed by atoms with Gasteiger partial charge in [0.15, 0.2) is 0 Å². The van der Waals surface area contributed by atoms with Crippen LogP contribution in [0.3, 0.4) is 0 Å². The second-order valence-corrected chi connectivity index (χ2v) is 7.91. The molecule has 4 nitrogen and oxygen atoms in total. The number of rotatable bonds is 5. The molecule has 0 saturated heterocycles. The molecule has 2 aromatic carbocycles. The summed E-state index contributed by atoms with van der Waals surface area (Å²) in [7, 11) is 0. The monoisotopic (exact) mass is 365 g/mol. The van der Waals surface area contributed by atoms with Crippen molar-refractivity contribution in [2.24, 2.45) is 0 Å². The van der Waals surface area contributed by atoms with Crippen LogP contribution in [0.1, 0.15) is 54.7 Å². The van der Waals surface area contributed by atoms with Crippen LogP contribution in [0.4, 0.5) is 0 Å². The second kappa shape index (κ2) is 7.47. The van der Waals surface area contributed by atoms with Crippen LogP contribution < -0.4 is 14.8 Å². The third-order valence-electron chi connectivity index (χ3n) is 4.51. The lowest BCUT2D eigenvalue weighted by molar-refractivity contribution is 0.0619. The van der Waals surface area contributed by atoms with Crippen molar-refractivity contribution in [3.8, 4) is 11.5 Å². The summed E-state index contributed by atoms with van der Waals surface area (Å²) in [6.07, 6.45) is 0.709. The number of hydrogen-bond acceptors (Lipinski definition) is 3. The van der Waals surface area contributed by atoms with E-state index in [1.165, 1.54) is 0 Å². The number of benzene rings is 2. The van der Waals surface area contributed by atoms with Crippen LogP contribution in [0.5, 0.6) is 11.5 Å². The Morgan fingerprint density at radius 2 is 2.07 bits per heavy atom. The van der Waals surface area contributed by atoms with Crippen LogP contribution in [0.2, 0.25) is 0 Å². The Morgan fingerprint density at radius 3 is 2.81 bits per heavy atom. The zero-order valence-corrected chi connectivity index (χ0v) is 16.5. The van der Waals surface area contributed by atoms with Crippen molar-refractivity contribution in [1.29, 1.82) is 0 Å². The molecule has 0 bridgehead atoms. The van der Waals surface area contributed by atoms with Crippen molar-refractivity contribution in [2.45, 2.75) is 45.8 Å². The number of amides is 1. The Labute approximate surface area is 161 Å². The van der Waals surface area contributed by atoms with Crippen LogP contribution in [-0.2, 0) is 0 Å². The molecule has 0 saturated carbocycles. The molecular formula is C23H27NO3. The second-order valence-electron chi connectivity index (χ2n) is 7.91. The highest BCUT2D eigenvalue weighted by Gasteiger charge is 2.34. The van der Waals surface area contributed by atoms with E-state index in [9.17, 15) is 4.79 Å². The molecule has 0 unspecified atom stereocenters. The molecule has 4 heteroatoms. The summed E-state index contributed by atoms with van der Waals surface area (Å²) < 4.78 is 11.8. The first kappa shape index (κ1) is 19.0. The van der Waals surface area contributed by atoms with E-state index in [-0.39, 0.29) is 17.6 Å². The van der Waals surface area contributed by atoms with E-state index in [4.69, 9.17) is 9.47 Å². The van der Waals surface area contributed by atoms with Crippen molar-refractivity contribution < 1.29 is 14.3 Å². The summed E-state index contributed by atoms with van der Waals surface area (Å²) in [5.74, 6) is 1.38. The number of aryl methyl sites for hydroxylation is 1. The molecule has 0 fully saturated rings. The summed E-state index contributed by atoms with van der Waals surface area (Å²) in [6.45, 7) is 12.3. The van der Waals surface area contributed by atoms with Gasteiger partial charge in [-0.15, -0.1) is 0 Å². The van der Waals surface area contributed by atoms with E-state index in [1.807, 2.05) is 58.0 Å². The van der Waals surface area contributed by atoms with Gasteiger partial charge in [0, 0.05) is 17.5 Å². The lowest BCUT2D eigenvalue weighted by Crippen LogP contribution is -2.41. The number of carbonyl (C=O) groups is 1. The van der Waals surface area contributed by atoms with Crippen molar-refractivity contribution in [1.82, 2.24) is 5.32 Å². The summed E-state index contributed by atoms with van der Waals surface area (Å²) >= 11 is 0. The molecule has 2 aromatic rings. The maximum absolute atomic E-state index is 12.9. The van der Waals surface area contributed by atoms with Crippen LogP contribution >= 0.6 is 0 Å². The topological polar surface area (TPSA) is 47.6 Å². The van der Waals surface area contributed by atoms with E-state index in [0.717, 1.165) is 22.4 Å². The van der Waals surface area contributed by atoms with Crippen molar-refractivity contribution in [3.05, 3.63) is 71.3 Å². The average molecular weight is 365 g/mol. The van der Waals surface area contributed by atoms with Gasteiger partial charge in [-0.2, -0.15) is 0 Å². The minimum absolute atomic E-state index is 0.100. The zero-order valence-electron chi connectivity index (χ0n) is 16.5. The predicted molar refractivity (Wildman–Crippen MR) is 107 cm³/mol. The highest BCUT2D eigenvalue weighted by atomic mass is 16.5. The molecule has 1 aliphatic heterocycles. The number of fused-ring (bicyclic) bond motifs is 1. The smallest absolute Gasteiger partial charge is 0.251 e. The largest absolute Gasteiger partial charge is 0.489 e. The van der Waals surface area contributed by atoms with Gasteiger partial charge in [0.1, 0.15) is 23.7 Å². The maximum atomic E-state index is 12.9. The third-order valence-corrected chi connectivity index (χ3v) is 4.51. The van der Waals surface area contributed by atoms with Crippen molar-refractivity contribution >= 4 is 5.91 Å². The van der Waals surface area contributed by atoms with Gasteiger partial charge in [0.05, 0.1) is 6.04 Å². The standard InChI is InChI=1S/C23H27NO3/c1-15(2)14-26-18-8-6-7-17(12-18)22(25)24-20-13-23(4,5)27-21-11-16(3)9-10-19(20)21/h6-12,20H,1,13-14H2,2-5H3,(H,24,25)/t20-/m1/s1. The summed E-state index contributed by atoms with van der Waals surface area (Å²) in [4.78, 5) is 12.9. The minimum atomic E-state index is -0.342. The van der Waals surface area contributed by atoms with Gasteiger partial charge >= 0.3 is 0 Å². The minimum Gasteiger partial charge on any atom is -0.489 e. The maximum Gasteiger partial charge on any atom is 0.251 e. The molecule has 0 radical (unpaired) electrons. The lowest BCUT2D eigenvalue weighted by atomic mass is 9.89. The van der Waals surface area contributed by atoms with Gasteiger partial charge in [-0.1, -0.05) is 24.8 Å². The molecule has 27 heavy (non-hydrogen) atoms. The summed E-state index contributed by atoms with van der Waals surface area (Å²) in [5, 5.41) is 3.17. The predicted octanol–water partition coefficient (Wildman–Crippen LogP) is 4.98. The summed E-state index contributed by atoms with van der Waals surface area (Å²) in [5.41, 5.74) is 3.32. The molecule has 0 spiro atoms. The van der Waals surface area contributed by atoms with Gasteiger partial charge in [-0.25, -0.2) is 0 Å².